The van der Waals surface area contributed by atoms with E-state index >= 15 is 0 Å². The summed E-state index contributed by atoms with van der Waals surface area (Å²) in [6.07, 6.45) is 3.30. The van der Waals surface area contributed by atoms with Gasteiger partial charge in [-0.15, -0.1) is 0 Å². The van der Waals surface area contributed by atoms with E-state index in [1.54, 1.807) is 45.0 Å². The number of benzene rings is 3. The average Bonchev–Trinajstić information content (AvgIpc) is 3.00. The highest BCUT2D eigenvalue weighted by Crippen LogP contribution is 2.19. The van der Waals surface area contributed by atoms with Crippen LogP contribution in [0.25, 0.3) is 10.8 Å². The second-order valence-corrected chi connectivity index (χ2v) is 13.3. The van der Waals surface area contributed by atoms with Crippen LogP contribution in [0.4, 0.5) is 9.18 Å². The molecule has 9 nitrogen and oxygen atoms in total. The first kappa shape index (κ1) is 36.7. The van der Waals surface area contributed by atoms with Gasteiger partial charge in [-0.3, -0.25) is 14.4 Å². The molecule has 252 valence electrons. The third-order valence-electron chi connectivity index (χ3n) is 7.49. The molecular weight excluding hydrogens is 599 g/mol. The van der Waals surface area contributed by atoms with Gasteiger partial charge < -0.3 is 26.0 Å². The van der Waals surface area contributed by atoms with E-state index < -0.39 is 40.8 Å². The largest absolute Gasteiger partial charge is 0.444 e. The molecule has 3 aromatic carbocycles. The van der Waals surface area contributed by atoms with E-state index in [-0.39, 0.29) is 31.3 Å². The zero-order chi connectivity index (χ0) is 34.6. The van der Waals surface area contributed by atoms with E-state index in [0.717, 1.165) is 16.3 Å². The van der Waals surface area contributed by atoms with Crippen molar-refractivity contribution >= 4 is 34.6 Å². The number of rotatable bonds is 14. The number of halogens is 1. The number of alkyl carbamates (subject to hydrolysis) is 1. The average molecular weight is 647 g/mol. The number of amides is 4. The molecule has 10 heteroatoms. The minimum Gasteiger partial charge on any atom is -0.444 e. The first-order valence-corrected chi connectivity index (χ1v) is 15.8. The minimum absolute atomic E-state index is 0.00532. The van der Waals surface area contributed by atoms with Gasteiger partial charge >= 0.3 is 6.09 Å². The molecule has 2 atom stereocenters. The van der Waals surface area contributed by atoms with E-state index in [2.05, 4.69) is 21.3 Å². The van der Waals surface area contributed by atoms with Crippen LogP contribution in [0.15, 0.2) is 78.9 Å². The van der Waals surface area contributed by atoms with Gasteiger partial charge in [0, 0.05) is 25.7 Å². The van der Waals surface area contributed by atoms with E-state index in [0.29, 0.717) is 18.4 Å². The molecule has 0 saturated carbocycles. The van der Waals surface area contributed by atoms with Crippen molar-refractivity contribution in [3.05, 3.63) is 95.8 Å². The van der Waals surface area contributed by atoms with Crippen molar-refractivity contribution < 1.29 is 28.3 Å². The van der Waals surface area contributed by atoms with Gasteiger partial charge in [0.2, 0.25) is 17.7 Å². The van der Waals surface area contributed by atoms with Gasteiger partial charge in [0.05, 0.1) is 11.8 Å². The van der Waals surface area contributed by atoms with Gasteiger partial charge in [-0.25, -0.2) is 9.18 Å². The molecule has 3 rings (SSSR count). The Bertz CT molecular complexity index is 1580. The third-order valence-corrected chi connectivity index (χ3v) is 7.49. The van der Waals surface area contributed by atoms with E-state index in [1.165, 1.54) is 19.2 Å². The standard InChI is InChI=1S/C37H47FN4O5/c1-36(2,3)47-35(46)42-37(4,5)19-11-16-32(43)40-23-29(21-25-17-18-26-12-7-8-13-27(26)20-25)34(45)41-24-30(33(44)39-6)22-28-14-9-10-15-31(28)38/h7-18,20,29-30H,19,21-24H2,1-6H3,(H,39,44)(H,40,43)(H,41,45)(H,42,46)/b16-11+. The monoisotopic (exact) mass is 646 g/mol. The first-order valence-electron chi connectivity index (χ1n) is 15.8. The summed E-state index contributed by atoms with van der Waals surface area (Å²) in [5, 5.41) is 13.2. The Balaban J connectivity index is 1.68. The van der Waals surface area contributed by atoms with Crippen LogP contribution in [0.2, 0.25) is 0 Å². The maximum absolute atomic E-state index is 14.4. The number of ether oxygens (including phenoxy) is 1. The first-order chi connectivity index (χ1) is 22.2. The molecule has 47 heavy (non-hydrogen) atoms. The smallest absolute Gasteiger partial charge is 0.408 e. The molecule has 4 N–H and O–H groups in total. The van der Waals surface area contributed by atoms with E-state index in [9.17, 15) is 23.6 Å². The normalized spacial score (nSPS) is 13.1. The zero-order valence-corrected chi connectivity index (χ0v) is 28.1. The number of nitrogens with one attached hydrogen (secondary N) is 4. The van der Waals surface area contributed by atoms with Gasteiger partial charge in [0.25, 0.3) is 0 Å². The summed E-state index contributed by atoms with van der Waals surface area (Å²) in [5.74, 6) is -2.82. The van der Waals surface area contributed by atoms with Crippen molar-refractivity contribution in [3.63, 3.8) is 0 Å². The van der Waals surface area contributed by atoms with Crippen molar-refractivity contribution in [1.29, 1.82) is 0 Å². The SMILES string of the molecule is CNC(=O)C(CNC(=O)C(CNC(=O)/C=C/CC(C)(C)NC(=O)OC(C)(C)C)Cc1ccc2ccccc2c1)Cc1ccccc1F. The number of hydrogen-bond donors (Lipinski definition) is 4. The summed E-state index contributed by atoms with van der Waals surface area (Å²) < 4.78 is 19.7. The highest BCUT2D eigenvalue weighted by molar-refractivity contribution is 5.88. The lowest BCUT2D eigenvalue weighted by molar-refractivity contribution is -0.126. The summed E-state index contributed by atoms with van der Waals surface area (Å²) in [6.45, 7) is 9.02. The molecule has 2 unspecified atom stereocenters. The third kappa shape index (κ3) is 12.5. The topological polar surface area (TPSA) is 126 Å². The molecule has 0 saturated heterocycles. The number of hydrogen-bond acceptors (Lipinski definition) is 5. The van der Waals surface area contributed by atoms with Gasteiger partial charge in [-0.2, -0.15) is 0 Å². The maximum atomic E-state index is 14.4. The summed E-state index contributed by atoms with van der Waals surface area (Å²) in [6, 6.07) is 20.1. The molecule has 0 spiro atoms. The van der Waals surface area contributed by atoms with Crippen LogP contribution in [-0.2, 0) is 32.0 Å². The van der Waals surface area contributed by atoms with Crippen LogP contribution in [0.5, 0.6) is 0 Å². The lowest BCUT2D eigenvalue weighted by Crippen LogP contribution is -2.45. The Morgan fingerprint density at radius 2 is 1.45 bits per heavy atom. The summed E-state index contributed by atoms with van der Waals surface area (Å²) in [4.78, 5) is 51.2. The highest BCUT2D eigenvalue weighted by Gasteiger charge is 2.26. The van der Waals surface area contributed by atoms with E-state index in [4.69, 9.17) is 4.74 Å². The number of fused-ring (bicyclic) bond motifs is 1. The lowest BCUT2D eigenvalue weighted by Gasteiger charge is -2.27. The van der Waals surface area contributed by atoms with Gasteiger partial charge in [0.15, 0.2) is 0 Å². The summed E-state index contributed by atoms with van der Waals surface area (Å²) in [7, 11) is 1.50. The van der Waals surface area contributed by atoms with Crippen molar-refractivity contribution in [1.82, 2.24) is 21.3 Å². The minimum atomic E-state index is -0.697. The Hall–Kier alpha value is -4.73. The Labute approximate surface area is 276 Å². The second-order valence-electron chi connectivity index (χ2n) is 13.3. The quantitative estimate of drug-likeness (QED) is 0.179. The van der Waals surface area contributed by atoms with Crippen molar-refractivity contribution in [2.45, 2.75) is 65.0 Å². The second kappa shape index (κ2) is 16.7. The van der Waals surface area contributed by atoms with Gasteiger partial charge in [0.1, 0.15) is 11.4 Å². The van der Waals surface area contributed by atoms with Crippen LogP contribution in [-0.4, -0.2) is 55.1 Å². The molecule has 0 radical (unpaired) electrons. The Kier molecular flexibility index (Phi) is 13.1. The van der Waals surface area contributed by atoms with E-state index in [1.807, 2.05) is 56.3 Å². The van der Waals surface area contributed by atoms with Gasteiger partial charge in [-0.1, -0.05) is 66.7 Å². The number of carbonyl (C=O) groups excluding carboxylic acids is 4. The predicted octanol–water partition coefficient (Wildman–Crippen LogP) is 5.22. The van der Waals surface area contributed by atoms with Gasteiger partial charge in [-0.05, 0) is 87.9 Å². The molecule has 3 aromatic rings. The number of carbonyl (C=O) groups is 4. The maximum Gasteiger partial charge on any atom is 0.408 e. The van der Waals surface area contributed by atoms with Crippen molar-refractivity contribution in [2.75, 3.05) is 20.1 Å². The lowest BCUT2D eigenvalue weighted by atomic mass is 9.95. The zero-order valence-electron chi connectivity index (χ0n) is 28.1. The molecule has 0 aliphatic carbocycles. The molecule has 0 aromatic heterocycles. The van der Waals surface area contributed by atoms with Crippen molar-refractivity contribution in [2.24, 2.45) is 11.8 Å². The molecule has 0 heterocycles. The van der Waals surface area contributed by atoms with Crippen molar-refractivity contribution in [3.8, 4) is 0 Å². The summed E-state index contributed by atoms with van der Waals surface area (Å²) >= 11 is 0. The molecule has 0 aliphatic heterocycles. The Morgan fingerprint density at radius 1 is 0.809 bits per heavy atom. The molecule has 0 bridgehead atoms. The summed E-state index contributed by atoms with van der Waals surface area (Å²) in [5.41, 5.74) is 0.000423. The molecule has 0 fully saturated rings. The Morgan fingerprint density at radius 3 is 2.13 bits per heavy atom. The van der Waals surface area contributed by atoms with Crippen LogP contribution in [0.1, 0.15) is 52.2 Å². The van der Waals surface area contributed by atoms with Crippen LogP contribution >= 0.6 is 0 Å². The fraction of sp³-hybridized carbons (Fsp3) is 0.405. The molecule has 4 amide bonds. The van der Waals surface area contributed by atoms with Crippen LogP contribution < -0.4 is 21.3 Å². The fourth-order valence-corrected chi connectivity index (χ4v) is 5.04. The fourth-order valence-electron chi connectivity index (χ4n) is 5.04. The highest BCUT2D eigenvalue weighted by atomic mass is 19.1. The molecule has 0 aliphatic rings. The van der Waals surface area contributed by atoms with Crippen LogP contribution in [0, 0.1) is 17.7 Å². The molecular formula is C37H47FN4O5. The van der Waals surface area contributed by atoms with Crippen LogP contribution in [0.3, 0.4) is 0 Å². The predicted molar refractivity (Wildman–Crippen MR) is 182 cm³/mol.